The van der Waals surface area contributed by atoms with Crippen LogP contribution in [0.1, 0.15) is 12.0 Å². The fraction of sp³-hybridized carbons (Fsp3) is 0.237. The number of anilines is 2. The lowest BCUT2D eigenvalue weighted by Gasteiger charge is -2.34. The molecule has 3 aromatic heterocycles. The van der Waals surface area contributed by atoms with Crippen LogP contribution in [-0.2, 0) is 11.3 Å². The molecule has 14 heteroatoms. The van der Waals surface area contributed by atoms with E-state index in [9.17, 15) is 10.1 Å². The number of aryl methyl sites for hydroxylation is 1. The lowest BCUT2D eigenvalue weighted by Crippen LogP contribution is -2.44. The van der Waals surface area contributed by atoms with E-state index < -0.39 is 5.91 Å². The molecular weight excluding hydrogens is 679 g/mol. The Morgan fingerprint density at radius 2 is 1.85 bits per heavy atom. The van der Waals surface area contributed by atoms with Gasteiger partial charge in [0.05, 0.1) is 6.26 Å². The molecule has 2 aliphatic heterocycles. The molecule has 13 nitrogen and oxygen atoms in total. The molecule has 1 amide bonds. The highest BCUT2D eigenvalue weighted by atomic mass is 32.2. The summed E-state index contributed by atoms with van der Waals surface area (Å²) in [5, 5.41) is 15.6. The van der Waals surface area contributed by atoms with Gasteiger partial charge in [-0.2, -0.15) is 5.26 Å². The van der Waals surface area contributed by atoms with Crippen LogP contribution in [0.3, 0.4) is 0 Å². The van der Waals surface area contributed by atoms with Gasteiger partial charge in [-0.05, 0) is 78.3 Å². The van der Waals surface area contributed by atoms with Gasteiger partial charge in [-0.1, -0.05) is 30.0 Å². The van der Waals surface area contributed by atoms with E-state index in [2.05, 4.69) is 56.4 Å². The van der Waals surface area contributed by atoms with Crippen molar-refractivity contribution in [3.8, 4) is 28.9 Å². The normalized spacial score (nSPS) is 14.6. The Bertz CT molecular complexity index is 2360. The third-order valence-electron chi connectivity index (χ3n) is 9.22. The summed E-state index contributed by atoms with van der Waals surface area (Å²) in [5.41, 5.74) is 10.1. The second kappa shape index (κ2) is 14.3. The van der Waals surface area contributed by atoms with Crippen LogP contribution in [0, 0.1) is 11.3 Å². The van der Waals surface area contributed by atoms with Gasteiger partial charge in [0.25, 0.3) is 5.91 Å². The number of fused-ring (bicyclic) bond motifs is 3. The molecule has 0 atom stereocenters. The van der Waals surface area contributed by atoms with Crippen molar-refractivity contribution in [2.45, 2.75) is 23.0 Å². The maximum absolute atomic E-state index is 13.2. The minimum absolute atomic E-state index is 0.0338. The molecule has 0 radical (unpaired) electrons. The fourth-order valence-electron chi connectivity index (χ4n) is 6.40. The van der Waals surface area contributed by atoms with Crippen LogP contribution < -0.4 is 25.4 Å². The average Bonchev–Trinajstić information content (AvgIpc) is 3.93. The summed E-state index contributed by atoms with van der Waals surface area (Å²) in [6.07, 6.45) is 5.19. The van der Waals surface area contributed by atoms with Gasteiger partial charge in [-0.3, -0.25) is 4.79 Å². The molecule has 1 fully saturated rings. The number of piperazine rings is 1. The SMILES string of the molecule is CN1CCN(c2ccc3cc(C=C(C#N)C(=O)NCCCn4c(Sc5cc6c(cc5-c5ccco5)OCO6)nc5c(N)ncnc54)ccc3c2)CC1. The van der Waals surface area contributed by atoms with Crippen molar-refractivity contribution < 1.29 is 18.7 Å². The predicted molar refractivity (Wildman–Crippen MR) is 199 cm³/mol. The average molecular weight is 714 g/mol. The van der Waals surface area contributed by atoms with Crippen molar-refractivity contribution >= 4 is 57.2 Å². The smallest absolute Gasteiger partial charge is 0.261 e. The molecule has 5 heterocycles. The number of furan rings is 1. The monoisotopic (exact) mass is 713 g/mol. The van der Waals surface area contributed by atoms with Gasteiger partial charge in [-0.15, -0.1) is 0 Å². The summed E-state index contributed by atoms with van der Waals surface area (Å²) in [5.74, 6) is 1.77. The highest BCUT2D eigenvalue weighted by Crippen LogP contribution is 2.45. The zero-order valence-corrected chi connectivity index (χ0v) is 29.2. The van der Waals surface area contributed by atoms with Crippen molar-refractivity contribution in [1.82, 2.24) is 29.7 Å². The molecule has 0 unspecified atom stereocenters. The van der Waals surface area contributed by atoms with Gasteiger partial charge in [0.2, 0.25) is 6.79 Å². The zero-order chi connectivity index (χ0) is 35.6. The lowest BCUT2D eigenvalue weighted by atomic mass is 10.0. The molecule has 0 bridgehead atoms. The number of imidazole rings is 1. The van der Waals surface area contributed by atoms with E-state index in [1.54, 1.807) is 12.3 Å². The first-order valence-electron chi connectivity index (χ1n) is 16.9. The number of nitrogens with one attached hydrogen (secondary N) is 1. The Labute approximate surface area is 303 Å². The molecule has 1 saturated heterocycles. The fourth-order valence-corrected chi connectivity index (χ4v) is 7.45. The standard InChI is InChI=1S/C38H35N9O4S/c1-45-11-13-46(14-12-45)28-8-7-25-16-24(5-6-26(25)18-28)17-27(21-39)37(48)41-9-3-10-47-36-34(35(40)42-22-43-36)44-38(47)52-33-20-32-31(50-23-51-32)19-29(33)30-4-2-15-49-30/h2,4-8,15-20,22H,3,9-14,23H2,1H3,(H,41,48)(H2,40,42,43). The molecule has 262 valence electrons. The molecule has 6 aromatic rings. The number of amides is 1. The molecule has 2 aliphatic rings. The van der Waals surface area contributed by atoms with E-state index in [1.807, 2.05) is 47.0 Å². The number of hydrogen-bond donors (Lipinski definition) is 2. The number of ether oxygens (including phenoxy) is 2. The first-order valence-corrected chi connectivity index (χ1v) is 17.7. The molecule has 3 aromatic carbocycles. The number of nitrogens with two attached hydrogens (primary N) is 1. The van der Waals surface area contributed by atoms with Crippen LogP contribution >= 0.6 is 11.8 Å². The second-order valence-electron chi connectivity index (χ2n) is 12.6. The number of nitrogens with zero attached hydrogens (tertiary/aromatic N) is 7. The van der Waals surface area contributed by atoms with Gasteiger partial charge in [0.15, 0.2) is 33.6 Å². The number of likely N-dealkylation sites (N-methyl/N-ethyl adjacent to an activating group) is 1. The van der Waals surface area contributed by atoms with E-state index >= 15 is 0 Å². The Morgan fingerprint density at radius 3 is 2.65 bits per heavy atom. The second-order valence-corrected chi connectivity index (χ2v) is 13.6. The molecule has 0 spiro atoms. The van der Waals surface area contributed by atoms with Crippen LogP contribution in [0.2, 0.25) is 0 Å². The maximum atomic E-state index is 13.2. The molecule has 52 heavy (non-hydrogen) atoms. The van der Waals surface area contributed by atoms with Gasteiger partial charge in [0.1, 0.15) is 23.7 Å². The van der Waals surface area contributed by atoms with Crippen molar-refractivity contribution in [1.29, 1.82) is 5.26 Å². The molecular formula is C38H35N9O4S. The number of carbonyl (C=O) groups is 1. The van der Waals surface area contributed by atoms with Gasteiger partial charge < -0.3 is 39.3 Å². The Kier molecular flexibility index (Phi) is 9.11. The van der Waals surface area contributed by atoms with Crippen molar-refractivity contribution in [2.24, 2.45) is 0 Å². The number of carbonyl (C=O) groups excluding carboxylic acids is 1. The number of benzene rings is 3. The zero-order valence-electron chi connectivity index (χ0n) is 28.4. The van der Waals surface area contributed by atoms with Crippen molar-refractivity contribution in [3.05, 3.63) is 84.4 Å². The van der Waals surface area contributed by atoms with E-state index in [1.165, 1.54) is 23.8 Å². The van der Waals surface area contributed by atoms with E-state index in [0.717, 1.165) is 53.0 Å². The van der Waals surface area contributed by atoms with Crippen LogP contribution in [-0.4, -0.2) is 76.9 Å². The Morgan fingerprint density at radius 1 is 1.04 bits per heavy atom. The van der Waals surface area contributed by atoms with Gasteiger partial charge >= 0.3 is 0 Å². The van der Waals surface area contributed by atoms with E-state index in [-0.39, 0.29) is 18.2 Å². The summed E-state index contributed by atoms with van der Waals surface area (Å²) in [6, 6.07) is 22.0. The van der Waals surface area contributed by atoms with Crippen LogP contribution in [0.25, 0.3) is 39.3 Å². The first kappa shape index (κ1) is 33.1. The number of hydrogen-bond acceptors (Lipinski definition) is 12. The number of nitriles is 1. The lowest BCUT2D eigenvalue weighted by molar-refractivity contribution is -0.117. The first-order chi connectivity index (χ1) is 25.4. The molecule has 8 rings (SSSR count). The third-order valence-corrected chi connectivity index (χ3v) is 10.3. The largest absolute Gasteiger partial charge is 0.464 e. The van der Waals surface area contributed by atoms with Crippen molar-refractivity contribution in [3.63, 3.8) is 0 Å². The number of nitrogen functional groups attached to an aromatic ring is 1. The molecule has 0 saturated carbocycles. The molecule has 0 aliphatic carbocycles. The predicted octanol–water partition coefficient (Wildman–Crippen LogP) is 5.57. The summed E-state index contributed by atoms with van der Waals surface area (Å²) >= 11 is 1.41. The Balaban J connectivity index is 0.961. The summed E-state index contributed by atoms with van der Waals surface area (Å²) in [7, 11) is 2.15. The topological polar surface area (TPSA) is 161 Å². The Hall–Kier alpha value is -6.04. The minimum atomic E-state index is -0.437. The highest BCUT2D eigenvalue weighted by Gasteiger charge is 2.23. The number of rotatable bonds is 10. The minimum Gasteiger partial charge on any atom is -0.464 e. The van der Waals surface area contributed by atoms with E-state index in [4.69, 9.17) is 24.6 Å². The van der Waals surface area contributed by atoms with E-state index in [0.29, 0.717) is 53.1 Å². The summed E-state index contributed by atoms with van der Waals surface area (Å²) in [4.78, 5) is 32.1. The molecule has 3 N–H and O–H groups in total. The quantitative estimate of drug-likeness (QED) is 0.103. The van der Waals surface area contributed by atoms with Crippen LogP contribution in [0.4, 0.5) is 11.5 Å². The van der Waals surface area contributed by atoms with Gasteiger partial charge in [0, 0.05) is 55.4 Å². The van der Waals surface area contributed by atoms with Gasteiger partial charge in [-0.25, -0.2) is 15.0 Å². The third kappa shape index (κ3) is 6.71. The summed E-state index contributed by atoms with van der Waals surface area (Å²) < 4.78 is 19.0. The summed E-state index contributed by atoms with van der Waals surface area (Å²) in [6.45, 7) is 5.00. The van der Waals surface area contributed by atoms with Crippen molar-refractivity contribution in [2.75, 3.05) is 57.2 Å². The van der Waals surface area contributed by atoms with Crippen LogP contribution in [0.5, 0.6) is 11.5 Å². The highest BCUT2D eigenvalue weighted by molar-refractivity contribution is 7.99. The number of aromatic nitrogens is 4. The maximum Gasteiger partial charge on any atom is 0.261 e. The van der Waals surface area contributed by atoms with Crippen LogP contribution in [0.15, 0.2) is 93.3 Å².